The molecule has 37 heavy (non-hydrogen) atoms. The van der Waals surface area contributed by atoms with Crippen molar-refractivity contribution in [2.75, 3.05) is 25.0 Å². The molecule has 0 radical (unpaired) electrons. The normalized spacial score (nSPS) is 16.2. The van der Waals surface area contributed by atoms with Crippen molar-refractivity contribution in [2.24, 2.45) is 0 Å². The summed E-state index contributed by atoms with van der Waals surface area (Å²) in [6.07, 6.45) is 0.890. The zero-order chi connectivity index (χ0) is 26.9. The Kier molecular flexibility index (Phi) is 7.44. The quantitative estimate of drug-likeness (QED) is 0.399. The molecule has 2 aromatic rings. The predicted molar refractivity (Wildman–Crippen MR) is 130 cm³/mol. The number of carbonyl (C=O) groups is 2. The standard InChI is InChI=1S/C26H28F4N4O3/c1-26(2,37)21(28)12-31-24(35)33-9-7-16(8-10-33)15-3-5-18(6-4-15)32-25(36)34-13-17-11-20(27)23(30)22(29)19(17)14-34/h3-7,11,21,37H,8-10,12-14H2,1-2H3,(H,31,35)(H,32,36)/t21-/m0/s1. The van der Waals surface area contributed by atoms with Crippen molar-refractivity contribution in [3.8, 4) is 0 Å². The van der Waals surface area contributed by atoms with Crippen molar-refractivity contribution in [3.05, 3.63) is 70.5 Å². The highest BCUT2D eigenvalue weighted by molar-refractivity contribution is 5.90. The van der Waals surface area contributed by atoms with Crippen molar-refractivity contribution in [1.82, 2.24) is 15.1 Å². The van der Waals surface area contributed by atoms with Gasteiger partial charge in [0.05, 0.1) is 18.7 Å². The molecule has 2 aliphatic heterocycles. The second-order valence-corrected chi connectivity index (χ2v) is 9.72. The molecule has 0 fully saturated rings. The van der Waals surface area contributed by atoms with E-state index in [1.165, 1.54) is 18.7 Å². The Bertz CT molecular complexity index is 1230. The van der Waals surface area contributed by atoms with Gasteiger partial charge in [-0.1, -0.05) is 18.2 Å². The molecule has 1 atom stereocenters. The van der Waals surface area contributed by atoms with Gasteiger partial charge in [-0.2, -0.15) is 0 Å². The summed E-state index contributed by atoms with van der Waals surface area (Å²) >= 11 is 0. The van der Waals surface area contributed by atoms with Gasteiger partial charge in [0, 0.05) is 30.9 Å². The molecule has 0 aliphatic carbocycles. The van der Waals surface area contributed by atoms with Gasteiger partial charge in [0.25, 0.3) is 0 Å². The van der Waals surface area contributed by atoms with Gasteiger partial charge in [0.15, 0.2) is 17.5 Å². The number of nitrogens with zero attached hydrogens (tertiary/aromatic N) is 2. The Morgan fingerprint density at radius 1 is 1.05 bits per heavy atom. The summed E-state index contributed by atoms with van der Waals surface area (Å²) < 4.78 is 54.8. The van der Waals surface area contributed by atoms with E-state index in [-0.39, 0.29) is 30.8 Å². The number of fused-ring (bicyclic) bond motifs is 1. The molecule has 0 aromatic heterocycles. The molecule has 0 bridgehead atoms. The highest BCUT2D eigenvalue weighted by atomic mass is 19.2. The molecule has 2 aromatic carbocycles. The van der Waals surface area contributed by atoms with Gasteiger partial charge in [-0.3, -0.25) is 0 Å². The number of halogens is 4. The number of amides is 4. The van der Waals surface area contributed by atoms with E-state index in [1.807, 2.05) is 18.2 Å². The smallest absolute Gasteiger partial charge is 0.322 e. The number of alkyl halides is 1. The molecule has 4 rings (SSSR count). The third-order valence-electron chi connectivity index (χ3n) is 6.56. The largest absolute Gasteiger partial charge is 0.387 e. The van der Waals surface area contributed by atoms with Gasteiger partial charge < -0.3 is 25.5 Å². The SMILES string of the molecule is CC(C)(O)[C@@H](F)CNC(=O)N1CC=C(c2ccc(NC(=O)N3Cc4cc(F)c(F)c(F)c4C3)cc2)CC1. The number of urea groups is 2. The Hall–Kier alpha value is -3.60. The van der Waals surface area contributed by atoms with Gasteiger partial charge in [-0.15, -0.1) is 0 Å². The predicted octanol–water partition coefficient (Wildman–Crippen LogP) is 4.56. The van der Waals surface area contributed by atoms with Crippen molar-refractivity contribution < 1.29 is 32.3 Å². The maximum absolute atomic E-state index is 14.0. The van der Waals surface area contributed by atoms with Crippen molar-refractivity contribution in [2.45, 2.75) is 45.1 Å². The fourth-order valence-electron chi connectivity index (χ4n) is 4.21. The van der Waals surface area contributed by atoms with Crippen LogP contribution in [0.5, 0.6) is 0 Å². The Morgan fingerprint density at radius 2 is 1.76 bits per heavy atom. The summed E-state index contributed by atoms with van der Waals surface area (Å²) in [4.78, 5) is 27.7. The number of rotatable bonds is 5. The van der Waals surface area contributed by atoms with E-state index >= 15 is 0 Å². The molecule has 11 heteroatoms. The van der Waals surface area contributed by atoms with Crippen LogP contribution in [0.1, 0.15) is 37.0 Å². The van der Waals surface area contributed by atoms with E-state index in [9.17, 15) is 32.3 Å². The van der Waals surface area contributed by atoms with Crippen LogP contribution < -0.4 is 10.6 Å². The van der Waals surface area contributed by atoms with Crippen molar-refractivity contribution in [1.29, 1.82) is 0 Å². The van der Waals surface area contributed by atoms with Gasteiger partial charge >= 0.3 is 12.1 Å². The average molecular weight is 521 g/mol. The second kappa shape index (κ2) is 10.4. The Morgan fingerprint density at radius 3 is 2.38 bits per heavy atom. The molecule has 2 heterocycles. The van der Waals surface area contributed by atoms with E-state index in [4.69, 9.17) is 0 Å². The summed E-state index contributed by atoms with van der Waals surface area (Å²) in [5.74, 6) is -4.10. The number of anilines is 1. The topological polar surface area (TPSA) is 84.9 Å². The number of nitrogens with one attached hydrogen (secondary N) is 2. The highest BCUT2D eigenvalue weighted by Crippen LogP contribution is 2.29. The molecule has 4 amide bonds. The number of carbonyl (C=O) groups excluding carboxylic acids is 2. The van der Waals surface area contributed by atoms with E-state index in [0.29, 0.717) is 25.2 Å². The molecule has 7 nitrogen and oxygen atoms in total. The first-order valence-corrected chi connectivity index (χ1v) is 11.8. The van der Waals surface area contributed by atoms with Crippen LogP contribution in [0.4, 0.5) is 32.8 Å². The number of hydrogen-bond donors (Lipinski definition) is 3. The number of aliphatic hydroxyl groups is 1. The zero-order valence-corrected chi connectivity index (χ0v) is 20.5. The lowest BCUT2D eigenvalue weighted by Gasteiger charge is -2.28. The molecular weight excluding hydrogens is 492 g/mol. The maximum Gasteiger partial charge on any atom is 0.322 e. The van der Waals surface area contributed by atoms with Crippen LogP contribution in [0.3, 0.4) is 0 Å². The third-order valence-corrected chi connectivity index (χ3v) is 6.56. The van der Waals surface area contributed by atoms with E-state index < -0.39 is 41.3 Å². The van der Waals surface area contributed by atoms with Gasteiger partial charge in [-0.25, -0.2) is 27.2 Å². The summed E-state index contributed by atoms with van der Waals surface area (Å²) in [6, 6.07) is 7.01. The molecule has 0 saturated heterocycles. The fourth-order valence-corrected chi connectivity index (χ4v) is 4.21. The Balaban J connectivity index is 1.30. The molecule has 198 valence electrons. The lowest BCUT2D eigenvalue weighted by Crippen LogP contribution is -2.47. The minimum atomic E-state index is -1.58. The average Bonchev–Trinajstić information content (AvgIpc) is 3.30. The van der Waals surface area contributed by atoms with Crippen molar-refractivity contribution in [3.63, 3.8) is 0 Å². The highest BCUT2D eigenvalue weighted by Gasteiger charge is 2.30. The lowest BCUT2D eigenvalue weighted by molar-refractivity contribution is -0.00146. The van der Waals surface area contributed by atoms with Crippen LogP contribution in [0.15, 0.2) is 36.4 Å². The summed E-state index contributed by atoms with van der Waals surface area (Å²) in [7, 11) is 0. The van der Waals surface area contributed by atoms with E-state index in [0.717, 1.165) is 17.2 Å². The van der Waals surface area contributed by atoms with E-state index in [1.54, 1.807) is 17.0 Å². The molecule has 0 saturated carbocycles. The first-order valence-electron chi connectivity index (χ1n) is 11.8. The van der Waals surface area contributed by atoms with Crippen molar-refractivity contribution >= 4 is 23.3 Å². The summed E-state index contributed by atoms with van der Waals surface area (Å²) in [6.45, 7) is 2.97. The molecule has 3 N–H and O–H groups in total. The molecule has 0 spiro atoms. The van der Waals surface area contributed by atoms with Gasteiger partial charge in [-0.05, 0) is 55.2 Å². The van der Waals surface area contributed by atoms with Crippen LogP contribution in [0.2, 0.25) is 0 Å². The minimum absolute atomic E-state index is 0.0295. The van der Waals surface area contributed by atoms with E-state index in [2.05, 4.69) is 10.6 Å². The van der Waals surface area contributed by atoms with Gasteiger partial charge in [0.2, 0.25) is 0 Å². The van der Waals surface area contributed by atoms with Crippen LogP contribution in [0, 0.1) is 17.5 Å². The molecular formula is C26H28F4N4O3. The molecule has 0 unspecified atom stereocenters. The maximum atomic E-state index is 14.0. The molecule has 2 aliphatic rings. The van der Waals surface area contributed by atoms with Crippen LogP contribution >= 0.6 is 0 Å². The zero-order valence-electron chi connectivity index (χ0n) is 20.5. The number of hydrogen-bond acceptors (Lipinski definition) is 3. The summed E-state index contributed by atoms with van der Waals surface area (Å²) in [5, 5.41) is 14.8. The number of benzene rings is 2. The Labute approximate surface area is 211 Å². The fraction of sp³-hybridized carbons (Fsp3) is 0.385. The van der Waals surface area contributed by atoms with Crippen LogP contribution in [-0.4, -0.2) is 58.4 Å². The summed E-state index contributed by atoms with van der Waals surface area (Å²) in [5.41, 5.74) is 1.08. The lowest BCUT2D eigenvalue weighted by atomic mass is 9.99. The second-order valence-electron chi connectivity index (χ2n) is 9.72. The van der Waals surface area contributed by atoms with Gasteiger partial charge in [0.1, 0.15) is 6.17 Å². The van der Waals surface area contributed by atoms with Crippen LogP contribution in [-0.2, 0) is 13.1 Å². The first-order chi connectivity index (χ1) is 17.4. The third kappa shape index (κ3) is 5.87. The minimum Gasteiger partial charge on any atom is -0.387 e. The van der Waals surface area contributed by atoms with Crippen LogP contribution in [0.25, 0.3) is 5.57 Å². The monoisotopic (exact) mass is 520 g/mol. The first kappa shape index (κ1) is 26.5.